The first-order chi connectivity index (χ1) is 7.61. The number of hydrogen-bond donors (Lipinski definition) is 1. The Kier molecular flexibility index (Phi) is 5.42. The molecule has 0 aliphatic heterocycles. The molecular formula is C11H13BrFNO2. The molecule has 5 heteroatoms. The van der Waals surface area contributed by atoms with Crippen molar-refractivity contribution in [2.75, 3.05) is 13.7 Å². The van der Waals surface area contributed by atoms with Crippen LogP contribution in [0.3, 0.4) is 0 Å². The van der Waals surface area contributed by atoms with Crippen LogP contribution in [0.15, 0.2) is 22.7 Å². The molecule has 1 aromatic rings. The van der Waals surface area contributed by atoms with E-state index in [0.717, 1.165) is 5.56 Å². The second-order valence-corrected chi connectivity index (χ2v) is 4.20. The Hall–Kier alpha value is -0.940. The number of esters is 1. The van der Waals surface area contributed by atoms with Crippen LogP contribution in [0, 0.1) is 5.82 Å². The monoisotopic (exact) mass is 289 g/mol. The summed E-state index contributed by atoms with van der Waals surface area (Å²) in [7, 11) is 1.35. The fourth-order valence-corrected chi connectivity index (χ4v) is 1.75. The van der Waals surface area contributed by atoms with Gasteiger partial charge in [0.15, 0.2) is 0 Å². The lowest BCUT2D eigenvalue weighted by molar-refractivity contribution is -0.140. The molecule has 1 N–H and O–H groups in total. The molecule has 0 atom stereocenters. The predicted octanol–water partition coefficient (Wildman–Crippen LogP) is 2.24. The number of benzene rings is 1. The zero-order valence-electron chi connectivity index (χ0n) is 8.93. The van der Waals surface area contributed by atoms with Crippen LogP contribution >= 0.6 is 15.9 Å². The van der Waals surface area contributed by atoms with Crippen LogP contribution in [0.4, 0.5) is 4.39 Å². The van der Waals surface area contributed by atoms with Gasteiger partial charge in [-0.05, 0) is 23.8 Å². The number of carbonyl (C=O) groups is 1. The van der Waals surface area contributed by atoms with Gasteiger partial charge in [-0.15, -0.1) is 0 Å². The van der Waals surface area contributed by atoms with E-state index in [2.05, 4.69) is 26.0 Å². The molecule has 0 fully saturated rings. The van der Waals surface area contributed by atoms with E-state index in [1.54, 1.807) is 0 Å². The molecule has 88 valence electrons. The van der Waals surface area contributed by atoms with Crippen molar-refractivity contribution in [1.82, 2.24) is 5.32 Å². The summed E-state index contributed by atoms with van der Waals surface area (Å²) in [4.78, 5) is 10.8. The van der Waals surface area contributed by atoms with Gasteiger partial charge in [0.2, 0.25) is 0 Å². The summed E-state index contributed by atoms with van der Waals surface area (Å²) in [6, 6.07) is 4.68. The summed E-state index contributed by atoms with van der Waals surface area (Å²) in [6.45, 7) is 1.04. The first-order valence-corrected chi connectivity index (χ1v) is 5.63. The van der Waals surface area contributed by atoms with E-state index in [1.165, 1.54) is 19.2 Å². The van der Waals surface area contributed by atoms with Crippen LogP contribution in [-0.4, -0.2) is 19.6 Å². The van der Waals surface area contributed by atoms with E-state index in [1.807, 2.05) is 6.07 Å². The van der Waals surface area contributed by atoms with Crippen LogP contribution in [0.1, 0.15) is 12.0 Å². The van der Waals surface area contributed by atoms with Crippen molar-refractivity contribution in [2.24, 2.45) is 0 Å². The summed E-state index contributed by atoms with van der Waals surface area (Å²) in [5, 5.41) is 3.03. The third-order valence-corrected chi connectivity index (χ3v) is 2.44. The quantitative estimate of drug-likeness (QED) is 0.667. The fourth-order valence-electron chi connectivity index (χ4n) is 1.24. The molecular weight excluding hydrogens is 277 g/mol. The summed E-state index contributed by atoms with van der Waals surface area (Å²) in [6.07, 6.45) is 0.312. The lowest BCUT2D eigenvalue weighted by Gasteiger charge is -2.05. The predicted molar refractivity (Wildman–Crippen MR) is 62.4 cm³/mol. The highest BCUT2D eigenvalue weighted by atomic mass is 79.9. The zero-order valence-corrected chi connectivity index (χ0v) is 10.5. The smallest absolute Gasteiger partial charge is 0.306 e. The third-order valence-electron chi connectivity index (χ3n) is 1.99. The van der Waals surface area contributed by atoms with Gasteiger partial charge in [0.1, 0.15) is 5.82 Å². The second-order valence-electron chi connectivity index (χ2n) is 3.28. The molecule has 1 aromatic carbocycles. The first-order valence-electron chi connectivity index (χ1n) is 4.84. The molecule has 0 spiro atoms. The molecule has 16 heavy (non-hydrogen) atoms. The van der Waals surface area contributed by atoms with Crippen LogP contribution in [0.25, 0.3) is 0 Å². The van der Waals surface area contributed by atoms with Gasteiger partial charge < -0.3 is 10.1 Å². The normalized spacial score (nSPS) is 10.2. The van der Waals surface area contributed by atoms with Crippen molar-refractivity contribution in [2.45, 2.75) is 13.0 Å². The number of carbonyl (C=O) groups excluding carboxylic acids is 1. The summed E-state index contributed by atoms with van der Waals surface area (Å²) < 4.78 is 18.2. The first kappa shape index (κ1) is 13.1. The minimum absolute atomic E-state index is 0.257. The maximum absolute atomic E-state index is 13.0. The second kappa shape index (κ2) is 6.60. The van der Waals surface area contributed by atoms with Crippen LogP contribution < -0.4 is 5.32 Å². The van der Waals surface area contributed by atoms with Gasteiger partial charge in [0.25, 0.3) is 0 Å². The Balaban J connectivity index is 2.34. The SMILES string of the molecule is COC(=O)CCNCc1cc(F)cc(Br)c1. The molecule has 0 saturated heterocycles. The Morgan fingerprint density at radius 3 is 2.88 bits per heavy atom. The van der Waals surface area contributed by atoms with Gasteiger partial charge in [0, 0.05) is 17.6 Å². The molecule has 0 unspecified atom stereocenters. The number of rotatable bonds is 5. The van der Waals surface area contributed by atoms with Gasteiger partial charge in [-0.3, -0.25) is 4.79 Å². The lowest BCUT2D eigenvalue weighted by Crippen LogP contribution is -2.18. The summed E-state index contributed by atoms with van der Waals surface area (Å²) in [5.74, 6) is -0.535. The number of methoxy groups -OCH3 is 1. The van der Waals surface area contributed by atoms with Crippen molar-refractivity contribution < 1.29 is 13.9 Å². The van der Waals surface area contributed by atoms with E-state index < -0.39 is 0 Å². The van der Waals surface area contributed by atoms with Crippen LogP contribution in [0.2, 0.25) is 0 Å². The van der Waals surface area contributed by atoms with Crippen molar-refractivity contribution in [1.29, 1.82) is 0 Å². The van der Waals surface area contributed by atoms with Crippen molar-refractivity contribution >= 4 is 21.9 Å². The minimum atomic E-state index is -0.279. The maximum atomic E-state index is 13.0. The highest BCUT2D eigenvalue weighted by molar-refractivity contribution is 9.10. The Labute approximate surface area is 102 Å². The van der Waals surface area contributed by atoms with Gasteiger partial charge in [-0.2, -0.15) is 0 Å². The van der Waals surface area contributed by atoms with Crippen molar-refractivity contribution in [3.05, 3.63) is 34.1 Å². The molecule has 0 aliphatic rings. The lowest BCUT2D eigenvalue weighted by atomic mass is 10.2. The Morgan fingerprint density at radius 2 is 2.25 bits per heavy atom. The molecule has 0 aromatic heterocycles. The van der Waals surface area contributed by atoms with E-state index in [-0.39, 0.29) is 11.8 Å². The molecule has 0 saturated carbocycles. The van der Waals surface area contributed by atoms with Crippen molar-refractivity contribution in [3.63, 3.8) is 0 Å². The Morgan fingerprint density at radius 1 is 1.50 bits per heavy atom. The molecule has 0 radical (unpaired) electrons. The Bertz CT molecular complexity index is 351. The maximum Gasteiger partial charge on any atom is 0.306 e. The molecule has 0 heterocycles. The topological polar surface area (TPSA) is 38.3 Å². The molecule has 3 nitrogen and oxygen atoms in total. The largest absolute Gasteiger partial charge is 0.469 e. The highest BCUT2D eigenvalue weighted by Crippen LogP contribution is 2.14. The third kappa shape index (κ3) is 4.72. The number of halogens is 2. The van der Waals surface area contributed by atoms with E-state index in [4.69, 9.17) is 0 Å². The molecule has 0 amide bonds. The van der Waals surface area contributed by atoms with E-state index in [9.17, 15) is 9.18 Å². The van der Waals surface area contributed by atoms with Crippen LogP contribution in [-0.2, 0) is 16.1 Å². The number of hydrogen-bond acceptors (Lipinski definition) is 3. The molecule has 0 aliphatic carbocycles. The van der Waals surface area contributed by atoms with Crippen LogP contribution in [0.5, 0.6) is 0 Å². The standard InChI is InChI=1S/C11H13BrFNO2/c1-16-11(15)2-3-14-7-8-4-9(12)6-10(13)5-8/h4-6,14H,2-3,7H2,1H3. The van der Waals surface area contributed by atoms with Crippen molar-refractivity contribution in [3.8, 4) is 0 Å². The average molecular weight is 290 g/mol. The molecule has 1 rings (SSSR count). The van der Waals surface area contributed by atoms with E-state index >= 15 is 0 Å². The minimum Gasteiger partial charge on any atom is -0.469 e. The highest BCUT2D eigenvalue weighted by Gasteiger charge is 2.01. The van der Waals surface area contributed by atoms with E-state index in [0.29, 0.717) is 24.0 Å². The average Bonchev–Trinajstić information content (AvgIpc) is 2.22. The summed E-state index contributed by atoms with van der Waals surface area (Å²) >= 11 is 3.21. The van der Waals surface area contributed by atoms with Gasteiger partial charge >= 0.3 is 5.97 Å². The van der Waals surface area contributed by atoms with Gasteiger partial charge in [0.05, 0.1) is 13.5 Å². The fraction of sp³-hybridized carbons (Fsp3) is 0.364. The van der Waals surface area contributed by atoms with Gasteiger partial charge in [-0.25, -0.2) is 4.39 Å². The molecule has 0 bridgehead atoms. The summed E-state index contributed by atoms with van der Waals surface area (Å²) in [5.41, 5.74) is 0.830. The zero-order chi connectivity index (χ0) is 12.0. The number of nitrogens with one attached hydrogen (secondary N) is 1. The number of ether oxygens (including phenoxy) is 1. The van der Waals surface area contributed by atoms with Gasteiger partial charge in [-0.1, -0.05) is 15.9 Å².